The number of carbonyl (C=O) groups excluding carboxylic acids is 2. The van der Waals surface area contributed by atoms with Gasteiger partial charge in [-0.15, -0.1) is 11.3 Å². The molecular weight excluding hydrogens is 434 g/mol. The molecule has 4 rings (SSSR count). The summed E-state index contributed by atoms with van der Waals surface area (Å²) in [6.07, 6.45) is 2.08. The molecule has 0 spiro atoms. The number of hydrogen-bond acceptors (Lipinski definition) is 5. The zero-order valence-electron chi connectivity index (χ0n) is 16.5. The summed E-state index contributed by atoms with van der Waals surface area (Å²) >= 11 is 1.34. The monoisotopic (exact) mass is 455 g/mol. The van der Waals surface area contributed by atoms with Gasteiger partial charge in [0, 0.05) is 23.5 Å². The highest BCUT2D eigenvalue weighted by Gasteiger charge is 2.24. The molecule has 160 valence electrons. The van der Waals surface area contributed by atoms with E-state index in [0.29, 0.717) is 28.7 Å². The third kappa shape index (κ3) is 5.57. The minimum Gasteiger partial charge on any atom is -0.322 e. The molecule has 1 heterocycles. The molecule has 0 aliphatic heterocycles. The average molecular weight is 456 g/mol. The van der Waals surface area contributed by atoms with Gasteiger partial charge >= 0.3 is 0 Å². The second-order valence-corrected chi connectivity index (χ2v) is 10.0. The number of thiophene rings is 1. The van der Waals surface area contributed by atoms with Gasteiger partial charge < -0.3 is 10.6 Å². The van der Waals surface area contributed by atoms with Gasteiger partial charge in [0.05, 0.1) is 9.77 Å². The fourth-order valence-corrected chi connectivity index (χ4v) is 4.70. The predicted octanol–water partition coefficient (Wildman–Crippen LogP) is 3.94. The molecule has 9 heteroatoms. The molecule has 0 radical (unpaired) electrons. The summed E-state index contributed by atoms with van der Waals surface area (Å²) in [4.78, 5) is 25.5. The Morgan fingerprint density at radius 2 is 1.61 bits per heavy atom. The van der Waals surface area contributed by atoms with E-state index in [0.717, 1.165) is 12.8 Å². The highest BCUT2D eigenvalue weighted by Crippen LogP contribution is 2.28. The second kappa shape index (κ2) is 9.01. The van der Waals surface area contributed by atoms with E-state index in [1.807, 2.05) is 5.38 Å². The van der Waals surface area contributed by atoms with E-state index < -0.39 is 15.9 Å². The van der Waals surface area contributed by atoms with Crippen molar-refractivity contribution in [2.24, 2.45) is 5.92 Å². The summed E-state index contributed by atoms with van der Waals surface area (Å²) in [5, 5.41) is 7.35. The normalized spacial score (nSPS) is 13.5. The summed E-state index contributed by atoms with van der Waals surface area (Å²) < 4.78 is 27.5. The number of benzene rings is 2. The Hall–Kier alpha value is -3.01. The molecule has 1 aromatic heterocycles. The van der Waals surface area contributed by atoms with Gasteiger partial charge in [-0.3, -0.25) is 9.59 Å². The van der Waals surface area contributed by atoms with Crippen molar-refractivity contribution in [3.8, 4) is 0 Å². The van der Waals surface area contributed by atoms with Crippen molar-refractivity contribution < 1.29 is 18.0 Å². The van der Waals surface area contributed by atoms with Crippen LogP contribution in [0.25, 0.3) is 0 Å². The first-order chi connectivity index (χ1) is 14.9. The SMILES string of the molecule is O=C(Nc1cccc(NC(=O)c2cccs2)c1)c1cccc(S(=O)(=O)NCC2CC2)c1. The molecule has 31 heavy (non-hydrogen) atoms. The van der Waals surface area contributed by atoms with Gasteiger partial charge in [-0.2, -0.15) is 0 Å². The highest BCUT2D eigenvalue weighted by atomic mass is 32.2. The predicted molar refractivity (Wildman–Crippen MR) is 121 cm³/mol. The van der Waals surface area contributed by atoms with Gasteiger partial charge in [-0.25, -0.2) is 13.1 Å². The van der Waals surface area contributed by atoms with Crippen molar-refractivity contribution in [3.05, 3.63) is 76.5 Å². The first kappa shape index (κ1) is 21.2. The number of hydrogen-bond donors (Lipinski definition) is 3. The molecule has 2 amide bonds. The maximum Gasteiger partial charge on any atom is 0.265 e. The van der Waals surface area contributed by atoms with Gasteiger partial charge in [0.15, 0.2) is 0 Å². The Labute approximate surface area is 184 Å². The van der Waals surface area contributed by atoms with Gasteiger partial charge in [0.1, 0.15) is 0 Å². The van der Waals surface area contributed by atoms with Crippen molar-refractivity contribution in [3.63, 3.8) is 0 Å². The lowest BCUT2D eigenvalue weighted by atomic mass is 10.2. The van der Waals surface area contributed by atoms with Gasteiger partial charge in [-0.1, -0.05) is 18.2 Å². The summed E-state index contributed by atoms with van der Waals surface area (Å²) in [7, 11) is -3.66. The average Bonchev–Trinajstić information content (AvgIpc) is 3.43. The summed E-state index contributed by atoms with van der Waals surface area (Å²) in [6, 6.07) is 16.2. The zero-order valence-corrected chi connectivity index (χ0v) is 18.1. The summed E-state index contributed by atoms with van der Waals surface area (Å²) in [5.74, 6) is -0.259. The Morgan fingerprint density at radius 1 is 0.903 bits per heavy atom. The largest absolute Gasteiger partial charge is 0.322 e. The van der Waals surface area contributed by atoms with Crippen LogP contribution in [0.3, 0.4) is 0 Å². The topological polar surface area (TPSA) is 104 Å². The first-order valence-corrected chi connectivity index (χ1v) is 12.1. The fraction of sp³-hybridized carbons (Fsp3) is 0.182. The fourth-order valence-electron chi connectivity index (χ4n) is 2.92. The molecule has 3 aromatic rings. The standard InChI is InChI=1S/C22H21N3O4S2/c26-21(16-4-1-7-19(12-16)31(28,29)23-14-15-9-10-15)24-17-5-2-6-18(13-17)25-22(27)20-8-3-11-30-20/h1-8,11-13,15,23H,9-10,14H2,(H,24,26)(H,25,27). The molecule has 1 aliphatic carbocycles. The van der Waals surface area contributed by atoms with Crippen LogP contribution in [0.5, 0.6) is 0 Å². The van der Waals surface area contributed by atoms with E-state index in [1.54, 1.807) is 42.5 Å². The summed E-state index contributed by atoms with van der Waals surface area (Å²) in [5.41, 5.74) is 1.24. The van der Waals surface area contributed by atoms with Crippen molar-refractivity contribution in [1.29, 1.82) is 0 Å². The van der Waals surface area contributed by atoms with E-state index >= 15 is 0 Å². The summed E-state index contributed by atoms with van der Waals surface area (Å²) in [6.45, 7) is 0.419. The van der Waals surface area contributed by atoms with Crippen molar-refractivity contribution >= 4 is 44.5 Å². The molecular formula is C22H21N3O4S2. The van der Waals surface area contributed by atoms with E-state index in [-0.39, 0.29) is 16.4 Å². The number of carbonyl (C=O) groups is 2. The van der Waals surface area contributed by atoms with Gasteiger partial charge in [0.25, 0.3) is 11.8 Å². The molecule has 3 N–H and O–H groups in total. The van der Waals surface area contributed by atoms with Crippen LogP contribution in [0.15, 0.2) is 70.9 Å². The Morgan fingerprint density at radius 3 is 2.29 bits per heavy atom. The minimum absolute atomic E-state index is 0.0535. The van der Waals surface area contributed by atoms with E-state index in [4.69, 9.17) is 0 Å². The molecule has 1 aliphatic rings. The molecule has 0 atom stereocenters. The van der Waals surface area contributed by atoms with Crippen LogP contribution in [-0.4, -0.2) is 26.8 Å². The Balaban J connectivity index is 1.44. The Kier molecular flexibility index (Phi) is 6.17. The van der Waals surface area contributed by atoms with Crippen LogP contribution < -0.4 is 15.4 Å². The van der Waals surface area contributed by atoms with Crippen molar-refractivity contribution in [2.75, 3.05) is 17.2 Å². The van der Waals surface area contributed by atoms with Crippen LogP contribution in [0.2, 0.25) is 0 Å². The molecule has 0 unspecified atom stereocenters. The lowest BCUT2D eigenvalue weighted by Gasteiger charge is -2.10. The number of sulfonamides is 1. The third-order valence-electron chi connectivity index (χ3n) is 4.79. The molecule has 2 aromatic carbocycles. The zero-order chi connectivity index (χ0) is 21.8. The van der Waals surface area contributed by atoms with E-state index in [9.17, 15) is 18.0 Å². The number of anilines is 2. The van der Waals surface area contributed by atoms with Crippen molar-refractivity contribution in [1.82, 2.24) is 4.72 Å². The van der Waals surface area contributed by atoms with E-state index in [2.05, 4.69) is 15.4 Å². The number of amides is 2. The number of nitrogens with one attached hydrogen (secondary N) is 3. The van der Waals surface area contributed by atoms with Crippen LogP contribution in [0, 0.1) is 5.92 Å². The van der Waals surface area contributed by atoms with Gasteiger partial charge in [-0.05, 0) is 66.6 Å². The molecule has 7 nitrogen and oxygen atoms in total. The smallest absolute Gasteiger partial charge is 0.265 e. The second-order valence-electron chi connectivity index (χ2n) is 7.29. The van der Waals surface area contributed by atoms with Crippen LogP contribution in [0.1, 0.15) is 32.9 Å². The van der Waals surface area contributed by atoms with E-state index in [1.165, 1.54) is 29.5 Å². The first-order valence-electron chi connectivity index (χ1n) is 9.77. The third-order valence-corrected chi connectivity index (χ3v) is 7.08. The highest BCUT2D eigenvalue weighted by molar-refractivity contribution is 7.89. The molecule has 0 saturated heterocycles. The lowest BCUT2D eigenvalue weighted by Crippen LogP contribution is -2.26. The quantitative estimate of drug-likeness (QED) is 0.478. The maximum absolute atomic E-state index is 12.7. The van der Waals surface area contributed by atoms with Crippen LogP contribution in [-0.2, 0) is 10.0 Å². The van der Waals surface area contributed by atoms with Crippen molar-refractivity contribution in [2.45, 2.75) is 17.7 Å². The maximum atomic E-state index is 12.7. The minimum atomic E-state index is -3.66. The van der Waals surface area contributed by atoms with Gasteiger partial charge in [0.2, 0.25) is 10.0 Å². The Bertz CT molecular complexity index is 1200. The molecule has 1 saturated carbocycles. The van der Waals surface area contributed by atoms with Crippen LogP contribution >= 0.6 is 11.3 Å². The van der Waals surface area contributed by atoms with Crippen LogP contribution in [0.4, 0.5) is 11.4 Å². The molecule has 0 bridgehead atoms. The lowest BCUT2D eigenvalue weighted by molar-refractivity contribution is 0.102. The molecule has 1 fully saturated rings. The number of rotatable bonds is 8.